The number of carboxylic acids is 1. The number of carbonyl (C=O) groups excluding carboxylic acids is 3. The number of hydrogen-bond donors (Lipinski definition) is 3. The highest BCUT2D eigenvalue weighted by Gasteiger charge is 2.12. The minimum atomic E-state index is -1.67. The number of hydrogen-bond acceptors (Lipinski definition) is 5. The third-order valence-electron chi connectivity index (χ3n) is 6.59. The largest absolute Gasteiger partial charge is 0.481 e. The van der Waals surface area contributed by atoms with Gasteiger partial charge in [-0.05, 0) is 50.1 Å². The van der Waals surface area contributed by atoms with Crippen molar-refractivity contribution in [3.05, 3.63) is 0 Å². The average molecular weight is 680 g/mol. The third kappa shape index (κ3) is 41.2. The fourth-order valence-corrected chi connectivity index (χ4v) is 4.07. The van der Waals surface area contributed by atoms with Gasteiger partial charge in [0.05, 0.1) is 0 Å². The van der Waals surface area contributed by atoms with Crippen molar-refractivity contribution in [2.75, 3.05) is 13.1 Å². The number of nitrogens with one attached hydrogen (secondary N) is 2. The normalized spacial score (nSPS) is 11.8. The van der Waals surface area contributed by atoms with Crippen LogP contribution in [0.3, 0.4) is 0 Å². The lowest BCUT2D eigenvalue weighted by Crippen LogP contribution is -2.30. The lowest BCUT2D eigenvalue weighted by atomic mass is 10.0. The molecular formula is C30H57Cl3N2O6S. The van der Waals surface area contributed by atoms with Crippen molar-refractivity contribution in [2.24, 2.45) is 11.8 Å². The van der Waals surface area contributed by atoms with Crippen LogP contribution in [0.5, 0.6) is 0 Å². The molecule has 42 heavy (non-hydrogen) atoms. The fraction of sp³-hybridized carbons (Fsp3) is 0.867. The minimum Gasteiger partial charge on any atom is -0.481 e. The number of carbonyl (C=O) groups is 4. The summed E-state index contributed by atoms with van der Waals surface area (Å²) >= 11 is 5.24. The maximum Gasteiger partial charge on any atom is 0.303 e. The van der Waals surface area contributed by atoms with Gasteiger partial charge in [0, 0.05) is 59.1 Å². The van der Waals surface area contributed by atoms with Crippen LogP contribution in [0.15, 0.2) is 0 Å². The van der Waals surface area contributed by atoms with Gasteiger partial charge in [-0.2, -0.15) is 0 Å². The number of rotatable bonds is 24. The molecule has 3 N–H and O–H groups in total. The van der Waals surface area contributed by atoms with E-state index in [2.05, 4.69) is 45.8 Å². The molecule has 12 heteroatoms. The molecule has 0 rings (SSSR count). The first-order valence-corrected chi connectivity index (χ1v) is 18.8. The Morgan fingerprint density at radius 2 is 1.00 bits per heavy atom. The van der Waals surface area contributed by atoms with Gasteiger partial charge in [0.2, 0.25) is 26.3 Å². The fourth-order valence-electron chi connectivity index (χ4n) is 3.93. The first kappa shape index (κ1) is 45.5. The molecular weight excluding hydrogens is 623 g/mol. The van der Waals surface area contributed by atoms with Gasteiger partial charge < -0.3 is 15.7 Å². The second kappa shape index (κ2) is 34.6. The van der Waals surface area contributed by atoms with Gasteiger partial charge in [-0.1, -0.05) is 91.9 Å². The van der Waals surface area contributed by atoms with Crippen molar-refractivity contribution in [1.82, 2.24) is 10.6 Å². The van der Waals surface area contributed by atoms with E-state index in [-0.39, 0.29) is 35.3 Å². The van der Waals surface area contributed by atoms with Crippen LogP contribution in [0.2, 0.25) is 0 Å². The summed E-state index contributed by atoms with van der Waals surface area (Å²) in [6, 6.07) is 0. The highest BCUT2D eigenvalue weighted by Crippen LogP contribution is 2.12. The van der Waals surface area contributed by atoms with Crippen LogP contribution in [-0.2, 0) is 28.4 Å². The Hall–Kier alpha value is -0.900. The zero-order valence-corrected chi connectivity index (χ0v) is 29.4. The van der Waals surface area contributed by atoms with Crippen LogP contribution in [0.25, 0.3) is 0 Å². The molecule has 0 spiro atoms. The molecule has 0 aliphatic rings. The maximum atomic E-state index is 11.8. The van der Waals surface area contributed by atoms with E-state index in [4.69, 9.17) is 20.9 Å². The predicted octanol–water partition coefficient (Wildman–Crippen LogP) is 8.43. The lowest BCUT2D eigenvalue weighted by molar-refractivity contribution is -0.137. The van der Waals surface area contributed by atoms with Gasteiger partial charge in [-0.25, -0.2) is 4.21 Å². The van der Waals surface area contributed by atoms with Gasteiger partial charge in [0.15, 0.2) is 0 Å². The molecule has 0 saturated heterocycles. The molecule has 0 radical (unpaired) electrons. The van der Waals surface area contributed by atoms with E-state index in [1.165, 1.54) is 38.5 Å². The van der Waals surface area contributed by atoms with E-state index >= 15 is 0 Å². The molecule has 2 unspecified atom stereocenters. The van der Waals surface area contributed by atoms with E-state index in [9.17, 15) is 19.2 Å². The molecule has 0 fully saturated rings. The van der Waals surface area contributed by atoms with E-state index in [0.717, 1.165) is 57.8 Å². The Morgan fingerprint density at radius 3 is 1.33 bits per heavy atom. The molecule has 8 nitrogen and oxygen atoms in total. The molecule has 0 aromatic rings. The molecule has 0 aliphatic heterocycles. The smallest absolute Gasteiger partial charge is 0.303 e. The van der Waals surface area contributed by atoms with Gasteiger partial charge in [-0.15, -0.1) is 0 Å². The Morgan fingerprint density at radius 1 is 0.643 bits per heavy atom. The van der Waals surface area contributed by atoms with Crippen molar-refractivity contribution < 1.29 is 28.5 Å². The minimum absolute atomic E-state index is 0.0934. The zero-order valence-electron chi connectivity index (χ0n) is 26.3. The molecule has 0 heterocycles. The van der Waals surface area contributed by atoms with Crippen molar-refractivity contribution in [2.45, 2.75) is 143 Å². The van der Waals surface area contributed by atoms with Crippen molar-refractivity contribution in [3.8, 4) is 0 Å². The van der Waals surface area contributed by atoms with Crippen LogP contribution in [0.4, 0.5) is 0 Å². The standard InChI is InChI=1S/C15H28ClNO2.C15H29NO3.Cl2OS/c1-3-4-5-7-10-13(2)15(19)17-12-9-6-8-11-14(16)18;1-3-4-5-7-10-13(2)15(19)16-12-9-6-8-11-14(17)18;1-4(2)3/h13H,3-12H2,1-2H3,(H,17,19);13H,3-12H2,1-2H3,(H,16,19)(H,17,18);. The number of aliphatic carboxylic acids is 1. The van der Waals surface area contributed by atoms with Crippen LogP contribution in [-0.4, -0.2) is 45.4 Å². The third-order valence-corrected chi connectivity index (χ3v) is 6.78. The van der Waals surface area contributed by atoms with Crippen LogP contribution in [0, 0.1) is 11.8 Å². The molecule has 0 aromatic heterocycles. The van der Waals surface area contributed by atoms with Crippen LogP contribution < -0.4 is 10.6 Å². The summed E-state index contributed by atoms with van der Waals surface area (Å²) < 4.78 is 9.09. The topological polar surface area (TPSA) is 130 Å². The molecule has 2 atom stereocenters. The average Bonchev–Trinajstić information content (AvgIpc) is 2.92. The monoisotopic (exact) mass is 678 g/mol. The van der Waals surface area contributed by atoms with Gasteiger partial charge in [0.1, 0.15) is 0 Å². The summed E-state index contributed by atoms with van der Waals surface area (Å²) in [5.41, 5.74) is 0. The second-order valence-corrected chi connectivity index (χ2v) is 13.6. The maximum absolute atomic E-state index is 11.8. The number of amides is 2. The summed E-state index contributed by atoms with van der Waals surface area (Å²) in [6.45, 7) is 9.71. The highest BCUT2D eigenvalue weighted by atomic mass is 36.0. The Kier molecular flexibility index (Phi) is 37.5. The van der Waals surface area contributed by atoms with Crippen molar-refractivity contribution >= 4 is 65.2 Å². The van der Waals surface area contributed by atoms with Crippen molar-refractivity contribution in [1.29, 1.82) is 0 Å². The number of halogens is 3. The quantitative estimate of drug-likeness (QED) is 0.0694. The summed E-state index contributed by atoms with van der Waals surface area (Å²) in [5.74, 6) is -0.249. The van der Waals surface area contributed by atoms with Crippen molar-refractivity contribution in [3.63, 3.8) is 0 Å². The second-order valence-electron chi connectivity index (χ2n) is 10.6. The lowest BCUT2D eigenvalue weighted by Gasteiger charge is -2.11. The Balaban J connectivity index is -0.000000641. The first-order valence-electron chi connectivity index (χ1n) is 15.6. The molecule has 2 amide bonds. The van der Waals surface area contributed by atoms with Gasteiger partial charge >= 0.3 is 5.97 Å². The molecule has 0 bridgehead atoms. The molecule has 0 aliphatic carbocycles. The highest BCUT2D eigenvalue weighted by molar-refractivity contribution is 8.26. The number of unbranched alkanes of at least 4 members (excludes halogenated alkanes) is 10. The van der Waals surface area contributed by atoms with Crippen LogP contribution >= 0.6 is 33.0 Å². The first-order chi connectivity index (χ1) is 19.9. The zero-order chi connectivity index (χ0) is 32.6. The van der Waals surface area contributed by atoms with Gasteiger partial charge in [0.25, 0.3) is 0 Å². The number of carboxylic acid groups (broad SMARTS) is 1. The Labute approximate surface area is 271 Å². The Bertz CT molecular complexity index is 661. The molecule has 250 valence electrons. The van der Waals surface area contributed by atoms with Gasteiger partial charge in [-0.3, -0.25) is 19.2 Å². The summed E-state index contributed by atoms with van der Waals surface area (Å²) in [7, 11) is 7.36. The van der Waals surface area contributed by atoms with E-state index in [0.29, 0.717) is 25.9 Å². The van der Waals surface area contributed by atoms with E-state index in [1.54, 1.807) is 0 Å². The summed E-state index contributed by atoms with van der Waals surface area (Å²) in [5, 5.41) is 14.1. The predicted molar refractivity (Wildman–Crippen MR) is 177 cm³/mol. The SMILES string of the molecule is CCCCCCC(C)C(=O)NCCCCCC(=O)Cl.CCCCCCC(C)C(=O)NCCCCCC(=O)O.O=S(Cl)Cl. The van der Waals surface area contributed by atoms with E-state index < -0.39 is 15.2 Å². The molecule has 0 saturated carbocycles. The van der Waals surface area contributed by atoms with Crippen LogP contribution in [0.1, 0.15) is 143 Å². The van der Waals surface area contributed by atoms with E-state index in [1.807, 2.05) is 13.8 Å². The summed E-state index contributed by atoms with van der Waals surface area (Å²) in [4.78, 5) is 44.3. The summed E-state index contributed by atoms with van der Waals surface area (Å²) in [6.07, 6.45) is 17.3. The molecule has 0 aromatic carbocycles.